The highest BCUT2D eigenvalue weighted by Gasteiger charge is 2.50. The third kappa shape index (κ3) is 3.27. The second kappa shape index (κ2) is 7.86. The van der Waals surface area contributed by atoms with Gasteiger partial charge < -0.3 is 10.3 Å². The van der Waals surface area contributed by atoms with Gasteiger partial charge in [-0.25, -0.2) is 4.98 Å². The molecule has 29 heavy (non-hydrogen) atoms. The Hall–Kier alpha value is -2.88. The van der Waals surface area contributed by atoms with Crippen molar-refractivity contribution in [2.45, 2.75) is 50.5 Å². The van der Waals surface area contributed by atoms with Gasteiger partial charge in [-0.3, -0.25) is 4.79 Å². The lowest BCUT2D eigenvalue weighted by Gasteiger charge is -2.38. The number of hydrogen-bond donors (Lipinski definition) is 1. The molecule has 1 aromatic heterocycles. The normalized spacial score (nSPS) is 19.6. The van der Waals surface area contributed by atoms with E-state index in [4.69, 9.17) is 5.73 Å². The van der Waals surface area contributed by atoms with Crippen molar-refractivity contribution in [1.29, 1.82) is 0 Å². The Bertz CT molecular complexity index is 923. The van der Waals surface area contributed by atoms with E-state index in [1.165, 1.54) is 0 Å². The smallest absolute Gasteiger partial charge is 0.232 e. The van der Waals surface area contributed by atoms with Gasteiger partial charge in [0.15, 0.2) is 0 Å². The van der Waals surface area contributed by atoms with Crippen molar-refractivity contribution < 1.29 is 4.79 Å². The van der Waals surface area contributed by atoms with E-state index in [0.717, 1.165) is 36.2 Å². The average molecular weight is 388 g/mol. The Kier molecular flexibility index (Phi) is 5.27. The quantitative estimate of drug-likeness (QED) is 0.659. The molecule has 0 unspecified atom stereocenters. The van der Waals surface area contributed by atoms with Crippen LogP contribution in [0.4, 0.5) is 0 Å². The third-order valence-corrected chi connectivity index (χ3v) is 6.47. The number of rotatable bonds is 6. The molecule has 0 saturated heterocycles. The van der Waals surface area contributed by atoms with Crippen LogP contribution >= 0.6 is 0 Å². The summed E-state index contributed by atoms with van der Waals surface area (Å²) in [6, 6.07) is 20.5. The third-order valence-electron chi connectivity index (χ3n) is 6.47. The first-order chi connectivity index (χ1) is 14.0. The number of carbonyl (C=O) groups excluding carboxylic acids is 1. The summed E-state index contributed by atoms with van der Waals surface area (Å²) in [6.07, 6.45) is 6.85. The zero-order valence-corrected chi connectivity index (χ0v) is 17.2. The molecule has 1 heterocycles. The molecule has 1 amide bonds. The van der Waals surface area contributed by atoms with Gasteiger partial charge in [0.05, 0.1) is 0 Å². The number of hydrogen-bond acceptors (Lipinski definition) is 2. The minimum atomic E-state index is -0.824. The van der Waals surface area contributed by atoms with E-state index in [9.17, 15) is 4.79 Å². The zero-order chi connectivity index (χ0) is 20.4. The summed E-state index contributed by atoms with van der Waals surface area (Å²) >= 11 is 0. The van der Waals surface area contributed by atoms with E-state index in [1.54, 1.807) is 0 Å². The molecule has 4 nitrogen and oxygen atoms in total. The Morgan fingerprint density at radius 3 is 2.14 bits per heavy atom. The summed E-state index contributed by atoms with van der Waals surface area (Å²) < 4.78 is 2.31. The molecule has 0 radical (unpaired) electrons. The van der Waals surface area contributed by atoms with Crippen LogP contribution in [0.2, 0.25) is 0 Å². The topological polar surface area (TPSA) is 60.9 Å². The van der Waals surface area contributed by atoms with Crippen LogP contribution in [0, 0.1) is 5.92 Å². The van der Waals surface area contributed by atoms with Crippen LogP contribution in [-0.4, -0.2) is 15.5 Å². The van der Waals surface area contributed by atoms with E-state index in [2.05, 4.69) is 29.6 Å². The molecule has 150 valence electrons. The van der Waals surface area contributed by atoms with Crippen LogP contribution in [-0.2, 0) is 10.2 Å². The molecule has 1 saturated carbocycles. The molecule has 0 bridgehead atoms. The van der Waals surface area contributed by atoms with Crippen molar-refractivity contribution >= 4 is 5.91 Å². The lowest BCUT2D eigenvalue weighted by Crippen LogP contribution is -2.47. The van der Waals surface area contributed by atoms with Crippen LogP contribution in [0.15, 0.2) is 73.1 Å². The summed E-state index contributed by atoms with van der Waals surface area (Å²) in [6.45, 7) is 4.35. The van der Waals surface area contributed by atoms with Gasteiger partial charge in [-0.15, -0.1) is 0 Å². The summed E-state index contributed by atoms with van der Waals surface area (Å²) in [5.41, 5.74) is 7.35. The van der Waals surface area contributed by atoms with Crippen LogP contribution in [0.1, 0.15) is 62.0 Å². The molecule has 1 aliphatic rings. The maximum absolute atomic E-state index is 13.2. The lowest BCUT2D eigenvalue weighted by molar-refractivity contribution is -0.123. The predicted molar refractivity (Wildman–Crippen MR) is 116 cm³/mol. The number of primary amides is 1. The number of carbonyl (C=O) groups is 1. The van der Waals surface area contributed by atoms with Crippen molar-refractivity contribution in [2.75, 3.05) is 0 Å². The van der Waals surface area contributed by atoms with E-state index >= 15 is 0 Å². The molecule has 4 heteroatoms. The molecular weight excluding hydrogens is 358 g/mol. The molecule has 1 fully saturated rings. The zero-order valence-electron chi connectivity index (χ0n) is 17.2. The standard InChI is InChI=1S/C25H29N3O/c1-18(2)23-27-15-16-28(23)22-14-13-21(17-22)25(24(26)29,19-9-5-3-6-10-19)20-11-7-4-8-12-20/h3-12,15-16,18,21-22H,13-14,17H2,1-2H3,(H2,26,29)/t21-,22+/m0/s1. The minimum Gasteiger partial charge on any atom is -0.369 e. The molecule has 0 spiro atoms. The van der Waals surface area contributed by atoms with Gasteiger partial charge in [0.1, 0.15) is 11.2 Å². The Morgan fingerprint density at radius 1 is 1.03 bits per heavy atom. The van der Waals surface area contributed by atoms with Crippen LogP contribution in [0.5, 0.6) is 0 Å². The summed E-state index contributed by atoms with van der Waals surface area (Å²) in [5.74, 6) is 1.35. The highest BCUT2D eigenvalue weighted by molar-refractivity contribution is 5.91. The highest BCUT2D eigenvalue weighted by Crippen LogP contribution is 2.50. The fraction of sp³-hybridized carbons (Fsp3) is 0.360. The maximum atomic E-state index is 13.2. The number of nitrogens with two attached hydrogens (primary N) is 1. The van der Waals surface area contributed by atoms with E-state index in [1.807, 2.05) is 66.9 Å². The maximum Gasteiger partial charge on any atom is 0.232 e. The van der Waals surface area contributed by atoms with Gasteiger partial charge in [-0.1, -0.05) is 74.5 Å². The first kappa shape index (κ1) is 19.4. The average Bonchev–Trinajstić information content (AvgIpc) is 3.40. The van der Waals surface area contributed by atoms with Crippen molar-refractivity contribution in [3.8, 4) is 0 Å². The number of imidazole rings is 1. The fourth-order valence-corrected chi connectivity index (χ4v) is 5.21. The van der Waals surface area contributed by atoms with Crippen LogP contribution < -0.4 is 5.73 Å². The molecule has 4 rings (SSSR count). The number of aromatic nitrogens is 2. The summed E-state index contributed by atoms with van der Waals surface area (Å²) in [4.78, 5) is 17.8. The van der Waals surface area contributed by atoms with Gasteiger partial charge >= 0.3 is 0 Å². The second-order valence-corrected chi connectivity index (χ2v) is 8.42. The molecule has 2 aromatic carbocycles. The first-order valence-electron chi connectivity index (χ1n) is 10.5. The predicted octanol–water partition coefficient (Wildman–Crippen LogP) is 4.82. The van der Waals surface area contributed by atoms with Gasteiger partial charge in [0.2, 0.25) is 5.91 Å². The fourth-order valence-electron chi connectivity index (χ4n) is 5.21. The Morgan fingerprint density at radius 2 is 1.62 bits per heavy atom. The van der Waals surface area contributed by atoms with Crippen LogP contribution in [0.25, 0.3) is 0 Å². The van der Waals surface area contributed by atoms with Gasteiger partial charge in [-0.2, -0.15) is 0 Å². The monoisotopic (exact) mass is 387 g/mol. The largest absolute Gasteiger partial charge is 0.369 e. The molecule has 2 N–H and O–H groups in total. The summed E-state index contributed by atoms with van der Waals surface area (Å²) in [5, 5.41) is 0. The number of amides is 1. The highest BCUT2D eigenvalue weighted by atomic mass is 16.1. The molecule has 3 aromatic rings. The van der Waals surface area contributed by atoms with Crippen LogP contribution in [0.3, 0.4) is 0 Å². The van der Waals surface area contributed by atoms with Crippen molar-refractivity contribution in [3.63, 3.8) is 0 Å². The van der Waals surface area contributed by atoms with E-state index < -0.39 is 5.41 Å². The first-order valence-corrected chi connectivity index (χ1v) is 10.5. The van der Waals surface area contributed by atoms with Gasteiger partial charge in [0, 0.05) is 24.4 Å². The summed E-state index contributed by atoms with van der Waals surface area (Å²) in [7, 11) is 0. The molecule has 1 aliphatic carbocycles. The Balaban J connectivity index is 1.79. The van der Waals surface area contributed by atoms with E-state index in [-0.39, 0.29) is 11.8 Å². The second-order valence-electron chi connectivity index (χ2n) is 8.42. The molecule has 0 aliphatic heterocycles. The van der Waals surface area contributed by atoms with Gasteiger partial charge in [0.25, 0.3) is 0 Å². The number of nitrogens with zero attached hydrogens (tertiary/aromatic N) is 2. The molecular formula is C25H29N3O. The van der Waals surface area contributed by atoms with Gasteiger partial charge in [-0.05, 0) is 36.3 Å². The van der Waals surface area contributed by atoms with E-state index in [0.29, 0.717) is 12.0 Å². The van der Waals surface area contributed by atoms with Crippen molar-refractivity contribution in [3.05, 3.63) is 90.0 Å². The SMILES string of the molecule is CC(C)c1nccn1[C@@H]1CC[C@H](C(C(N)=O)(c2ccccc2)c2ccccc2)C1. The number of benzene rings is 2. The lowest BCUT2D eigenvalue weighted by atomic mass is 9.64. The molecule has 2 atom stereocenters. The Labute approximate surface area is 172 Å². The van der Waals surface area contributed by atoms with Crippen molar-refractivity contribution in [1.82, 2.24) is 9.55 Å². The minimum absolute atomic E-state index is 0.136. The van der Waals surface area contributed by atoms with Crippen molar-refractivity contribution in [2.24, 2.45) is 11.7 Å².